The van der Waals surface area contributed by atoms with Gasteiger partial charge in [0, 0.05) is 0 Å². The minimum Gasteiger partial charge on any atom is -0.458 e. The maximum absolute atomic E-state index is 12.2. The first-order valence-electron chi connectivity index (χ1n) is 6.97. The minimum absolute atomic E-state index is 0.118. The van der Waals surface area contributed by atoms with E-state index in [1.54, 1.807) is 6.92 Å². The standard InChI is InChI=1S/C14H26N2O3/c1-6-14(5,12(18)19-13(2,3)4)16-11(17)10-8-7-9-15-10/h10,15H,6-9H2,1-5H3,(H,16,17)/t10?,14-/m0/s1. The Hall–Kier alpha value is -1.10. The molecule has 1 aliphatic heterocycles. The van der Waals surface area contributed by atoms with Crippen molar-refractivity contribution in [3.8, 4) is 0 Å². The van der Waals surface area contributed by atoms with Gasteiger partial charge < -0.3 is 15.4 Å². The van der Waals surface area contributed by atoms with Crippen LogP contribution in [-0.2, 0) is 14.3 Å². The first-order valence-corrected chi connectivity index (χ1v) is 6.97. The van der Waals surface area contributed by atoms with Crippen LogP contribution in [0.2, 0.25) is 0 Å². The lowest BCUT2D eigenvalue weighted by atomic mass is 9.97. The maximum Gasteiger partial charge on any atom is 0.332 e. The van der Waals surface area contributed by atoms with Crippen LogP contribution >= 0.6 is 0 Å². The van der Waals surface area contributed by atoms with Gasteiger partial charge in [-0.15, -0.1) is 0 Å². The molecule has 1 heterocycles. The highest BCUT2D eigenvalue weighted by Crippen LogP contribution is 2.18. The summed E-state index contributed by atoms with van der Waals surface area (Å²) in [5, 5.41) is 5.96. The molecule has 5 nitrogen and oxygen atoms in total. The molecule has 2 atom stereocenters. The highest BCUT2D eigenvalue weighted by atomic mass is 16.6. The monoisotopic (exact) mass is 270 g/mol. The summed E-state index contributed by atoms with van der Waals surface area (Å²) in [6.07, 6.45) is 2.31. The first kappa shape index (κ1) is 16.0. The lowest BCUT2D eigenvalue weighted by Gasteiger charge is -2.32. The molecule has 5 heteroatoms. The highest BCUT2D eigenvalue weighted by molar-refractivity contribution is 5.90. The Labute approximate surface area is 115 Å². The number of ether oxygens (including phenoxy) is 1. The lowest BCUT2D eigenvalue weighted by molar-refractivity contribution is -0.164. The van der Waals surface area contributed by atoms with Crippen LogP contribution in [0.1, 0.15) is 53.9 Å². The van der Waals surface area contributed by atoms with Gasteiger partial charge in [0.15, 0.2) is 0 Å². The van der Waals surface area contributed by atoms with Gasteiger partial charge in [0.05, 0.1) is 6.04 Å². The van der Waals surface area contributed by atoms with Gasteiger partial charge in [-0.05, 0) is 53.5 Å². The van der Waals surface area contributed by atoms with Crippen LogP contribution < -0.4 is 10.6 Å². The fraction of sp³-hybridized carbons (Fsp3) is 0.857. The van der Waals surface area contributed by atoms with Crippen molar-refractivity contribution in [3.05, 3.63) is 0 Å². The van der Waals surface area contributed by atoms with Crippen LogP contribution in [0.15, 0.2) is 0 Å². The number of carbonyl (C=O) groups is 2. The topological polar surface area (TPSA) is 67.4 Å². The molecule has 1 saturated heterocycles. The molecule has 1 rings (SSSR count). The Morgan fingerprint density at radius 1 is 1.32 bits per heavy atom. The third kappa shape index (κ3) is 4.49. The molecule has 1 unspecified atom stereocenters. The van der Waals surface area contributed by atoms with E-state index in [4.69, 9.17) is 4.74 Å². The predicted octanol–water partition coefficient (Wildman–Crippen LogP) is 1.36. The van der Waals surface area contributed by atoms with Gasteiger partial charge >= 0.3 is 5.97 Å². The molecule has 0 aliphatic carbocycles. The number of amides is 1. The molecule has 0 aromatic carbocycles. The van der Waals surface area contributed by atoms with Crippen molar-refractivity contribution in [2.75, 3.05) is 6.54 Å². The summed E-state index contributed by atoms with van der Waals surface area (Å²) in [4.78, 5) is 24.3. The van der Waals surface area contributed by atoms with Crippen molar-refractivity contribution >= 4 is 11.9 Å². The smallest absolute Gasteiger partial charge is 0.332 e. The number of carbonyl (C=O) groups excluding carboxylic acids is 2. The summed E-state index contributed by atoms with van der Waals surface area (Å²) < 4.78 is 5.38. The molecule has 1 fully saturated rings. The van der Waals surface area contributed by atoms with E-state index in [1.807, 2.05) is 27.7 Å². The van der Waals surface area contributed by atoms with Crippen molar-refractivity contribution in [2.24, 2.45) is 0 Å². The van der Waals surface area contributed by atoms with Crippen molar-refractivity contribution in [1.82, 2.24) is 10.6 Å². The largest absolute Gasteiger partial charge is 0.458 e. The number of hydrogen-bond acceptors (Lipinski definition) is 4. The zero-order valence-electron chi connectivity index (χ0n) is 12.6. The molecular formula is C14H26N2O3. The second kappa shape index (κ2) is 5.90. The summed E-state index contributed by atoms with van der Waals surface area (Å²) in [6, 6.07) is -0.187. The summed E-state index contributed by atoms with van der Waals surface area (Å²) in [7, 11) is 0. The van der Waals surface area contributed by atoms with Gasteiger partial charge in [-0.3, -0.25) is 4.79 Å². The average molecular weight is 270 g/mol. The van der Waals surface area contributed by atoms with E-state index in [-0.39, 0.29) is 17.9 Å². The van der Waals surface area contributed by atoms with Crippen LogP contribution in [0.4, 0.5) is 0 Å². The normalized spacial score (nSPS) is 22.7. The maximum atomic E-state index is 12.2. The van der Waals surface area contributed by atoms with Gasteiger partial charge in [0.1, 0.15) is 11.1 Å². The fourth-order valence-electron chi connectivity index (χ4n) is 1.94. The van der Waals surface area contributed by atoms with E-state index < -0.39 is 11.1 Å². The van der Waals surface area contributed by atoms with Crippen LogP contribution in [0.3, 0.4) is 0 Å². The second-order valence-corrected chi connectivity index (χ2v) is 6.33. The molecule has 1 aliphatic rings. The molecule has 2 N–H and O–H groups in total. The van der Waals surface area contributed by atoms with Crippen LogP contribution in [0.25, 0.3) is 0 Å². The van der Waals surface area contributed by atoms with Crippen molar-refractivity contribution < 1.29 is 14.3 Å². The summed E-state index contributed by atoms with van der Waals surface area (Å²) in [6.45, 7) is 9.90. The van der Waals surface area contributed by atoms with E-state index in [1.165, 1.54) is 0 Å². The van der Waals surface area contributed by atoms with Crippen molar-refractivity contribution in [3.63, 3.8) is 0 Å². The van der Waals surface area contributed by atoms with Gasteiger partial charge in [-0.1, -0.05) is 6.92 Å². The molecular weight excluding hydrogens is 244 g/mol. The summed E-state index contributed by atoms with van der Waals surface area (Å²) in [5.41, 5.74) is -1.52. The molecule has 110 valence electrons. The highest BCUT2D eigenvalue weighted by Gasteiger charge is 2.38. The lowest BCUT2D eigenvalue weighted by Crippen LogP contribution is -2.57. The third-order valence-corrected chi connectivity index (χ3v) is 3.33. The van der Waals surface area contributed by atoms with Crippen LogP contribution in [-0.4, -0.2) is 35.6 Å². The Balaban J connectivity index is 2.68. The van der Waals surface area contributed by atoms with E-state index in [2.05, 4.69) is 10.6 Å². The van der Waals surface area contributed by atoms with E-state index >= 15 is 0 Å². The zero-order valence-corrected chi connectivity index (χ0v) is 12.6. The molecule has 0 aromatic heterocycles. The third-order valence-electron chi connectivity index (χ3n) is 3.33. The second-order valence-electron chi connectivity index (χ2n) is 6.33. The average Bonchev–Trinajstić information content (AvgIpc) is 2.79. The molecule has 0 bridgehead atoms. The van der Waals surface area contributed by atoms with E-state index in [0.29, 0.717) is 6.42 Å². The SMILES string of the molecule is CC[C@](C)(NC(=O)C1CCCN1)C(=O)OC(C)(C)C. The Morgan fingerprint density at radius 3 is 2.37 bits per heavy atom. The number of rotatable bonds is 4. The van der Waals surface area contributed by atoms with Gasteiger partial charge in [0.25, 0.3) is 0 Å². The van der Waals surface area contributed by atoms with Crippen LogP contribution in [0, 0.1) is 0 Å². The number of esters is 1. The molecule has 0 aromatic rings. The van der Waals surface area contributed by atoms with Crippen molar-refractivity contribution in [1.29, 1.82) is 0 Å². The minimum atomic E-state index is -0.964. The Morgan fingerprint density at radius 2 is 1.95 bits per heavy atom. The molecule has 19 heavy (non-hydrogen) atoms. The van der Waals surface area contributed by atoms with Crippen LogP contribution in [0.5, 0.6) is 0 Å². The number of hydrogen-bond donors (Lipinski definition) is 2. The first-order chi connectivity index (χ1) is 8.68. The quantitative estimate of drug-likeness (QED) is 0.757. The molecule has 1 amide bonds. The van der Waals surface area contributed by atoms with E-state index in [9.17, 15) is 9.59 Å². The molecule has 0 radical (unpaired) electrons. The summed E-state index contributed by atoms with van der Waals surface area (Å²) in [5.74, 6) is -0.499. The predicted molar refractivity (Wildman–Crippen MR) is 73.7 cm³/mol. The number of nitrogens with one attached hydrogen (secondary N) is 2. The van der Waals surface area contributed by atoms with Crippen molar-refractivity contribution in [2.45, 2.75) is 71.1 Å². The Bertz CT molecular complexity index is 343. The van der Waals surface area contributed by atoms with Gasteiger partial charge in [-0.25, -0.2) is 4.79 Å². The van der Waals surface area contributed by atoms with Gasteiger partial charge in [-0.2, -0.15) is 0 Å². The Kier molecular flexibility index (Phi) is 4.96. The zero-order chi connectivity index (χ0) is 14.7. The molecule has 0 spiro atoms. The van der Waals surface area contributed by atoms with Gasteiger partial charge in [0.2, 0.25) is 5.91 Å². The molecule has 0 saturated carbocycles. The van der Waals surface area contributed by atoms with E-state index in [0.717, 1.165) is 19.4 Å². The fourth-order valence-corrected chi connectivity index (χ4v) is 1.94. The summed E-state index contributed by atoms with van der Waals surface area (Å²) >= 11 is 0.